The molecule has 0 aliphatic rings. The summed E-state index contributed by atoms with van der Waals surface area (Å²) in [6.45, 7) is 18.4. The van der Waals surface area contributed by atoms with Crippen molar-refractivity contribution in [1.82, 2.24) is 21.3 Å². The van der Waals surface area contributed by atoms with Crippen LogP contribution in [0.25, 0.3) is 0 Å². The fourth-order valence-electron chi connectivity index (χ4n) is 3.96. The van der Waals surface area contributed by atoms with Crippen LogP contribution in [0, 0.1) is 29.6 Å². The number of carbonyl (C=O) groups is 5. The van der Waals surface area contributed by atoms with Crippen molar-refractivity contribution in [2.24, 2.45) is 35.3 Å². The van der Waals surface area contributed by atoms with Gasteiger partial charge in [0.2, 0.25) is 23.6 Å². The van der Waals surface area contributed by atoms with Crippen molar-refractivity contribution in [2.75, 3.05) is 0 Å². The van der Waals surface area contributed by atoms with Gasteiger partial charge >= 0.3 is 5.97 Å². The SMILES string of the molecule is CC[C@H](C)[C@H](NC(=O)[C@H](CC(C)C)NC(=O)[C@@H](NC(=O)[C@@H](N)C(C)C)C(C)C)C(=O)N[C@@H](CC(C)C)C(=O)O. The van der Waals surface area contributed by atoms with Crippen molar-refractivity contribution >= 4 is 29.6 Å². The molecule has 0 aromatic heterocycles. The summed E-state index contributed by atoms with van der Waals surface area (Å²) in [7, 11) is 0. The van der Waals surface area contributed by atoms with Crippen LogP contribution in [0.4, 0.5) is 0 Å². The van der Waals surface area contributed by atoms with Gasteiger partial charge in [-0.3, -0.25) is 19.2 Å². The van der Waals surface area contributed by atoms with E-state index in [1.54, 1.807) is 20.8 Å². The van der Waals surface area contributed by atoms with Gasteiger partial charge in [-0.2, -0.15) is 0 Å². The van der Waals surface area contributed by atoms with E-state index < -0.39 is 59.8 Å². The van der Waals surface area contributed by atoms with Gasteiger partial charge in [0.05, 0.1) is 6.04 Å². The Balaban J connectivity index is 5.85. The molecular weight excluding hydrogens is 502 g/mol. The molecule has 0 aromatic rings. The van der Waals surface area contributed by atoms with Gasteiger partial charge in [-0.25, -0.2) is 4.79 Å². The Kier molecular flexibility index (Phi) is 15.9. The minimum Gasteiger partial charge on any atom is -0.480 e. The highest BCUT2D eigenvalue weighted by Gasteiger charge is 2.34. The lowest BCUT2D eigenvalue weighted by atomic mass is 9.95. The number of aliphatic carboxylic acids is 1. The van der Waals surface area contributed by atoms with Crippen molar-refractivity contribution in [1.29, 1.82) is 0 Å². The fourth-order valence-corrected chi connectivity index (χ4v) is 3.96. The van der Waals surface area contributed by atoms with Crippen LogP contribution in [0.1, 0.15) is 88.5 Å². The molecule has 39 heavy (non-hydrogen) atoms. The molecule has 0 radical (unpaired) electrons. The molecule has 226 valence electrons. The second-order valence-electron chi connectivity index (χ2n) is 12.1. The summed E-state index contributed by atoms with van der Waals surface area (Å²) in [5.41, 5.74) is 5.95. The van der Waals surface area contributed by atoms with Crippen LogP contribution in [0.5, 0.6) is 0 Å². The maximum Gasteiger partial charge on any atom is 0.326 e. The molecule has 0 spiro atoms. The Morgan fingerprint density at radius 2 is 1.05 bits per heavy atom. The maximum atomic E-state index is 13.4. The summed E-state index contributed by atoms with van der Waals surface area (Å²) in [5, 5.41) is 20.3. The third-order valence-corrected chi connectivity index (χ3v) is 6.72. The molecule has 0 saturated carbocycles. The van der Waals surface area contributed by atoms with Crippen LogP contribution in [-0.2, 0) is 24.0 Å². The number of nitrogens with two attached hydrogens (primary N) is 1. The zero-order valence-electron chi connectivity index (χ0n) is 25.5. The molecule has 11 nitrogen and oxygen atoms in total. The predicted octanol–water partition coefficient (Wildman–Crippen LogP) is 1.79. The van der Waals surface area contributed by atoms with E-state index in [0.29, 0.717) is 12.8 Å². The van der Waals surface area contributed by atoms with Crippen molar-refractivity contribution in [3.05, 3.63) is 0 Å². The first-order chi connectivity index (χ1) is 17.9. The Morgan fingerprint density at radius 1 is 0.615 bits per heavy atom. The largest absolute Gasteiger partial charge is 0.480 e. The van der Waals surface area contributed by atoms with Crippen molar-refractivity contribution in [2.45, 2.75) is 119 Å². The Hall–Kier alpha value is -2.69. The molecule has 0 heterocycles. The second kappa shape index (κ2) is 17.1. The second-order valence-corrected chi connectivity index (χ2v) is 12.1. The third kappa shape index (κ3) is 12.8. The van der Waals surface area contributed by atoms with E-state index in [1.165, 1.54) is 0 Å². The van der Waals surface area contributed by atoms with Gasteiger partial charge in [0.25, 0.3) is 0 Å². The standard InChI is InChI=1S/C28H53N5O6/c1-11-18(10)23(27(37)31-20(28(38)39)13-15(4)5)33-24(34)19(12-14(2)3)30-26(36)22(17(8)9)32-25(35)21(29)16(6)7/h14-23H,11-13,29H2,1-10H3,(H,30,36)(H,31,37)(H,32,35)(H,33,34)(H,38,39)/t18-,19-,20-,21-,22-,23-/m0/s1. The van der Waals surface area contributed by atoms with Crippen LogP contribution in [0.2, 0.25) is 0 Å². The van der Waals surface area contributed by atoms with E-state index in [4.69, 9.17) is 5.73 Å². The minimum absolute atomic E-state index is 0.0285. The van der Waals surface area contributed by atoms with Crippen molar-refractivity contribution in [3.8, 4) is 0 Å². The number of carboxylic acids is 1. The summed E-state index contributed by atoms with van der Waals surface area (Å²) < 4.78 is 0. The number of carboxylic acid groups (broad SMARTS) is 1. The highest BCUT2D eigenvalue weighted by Crippen LogP contribution is 2.13. The van der Waals surface area contributed by atoms with E-state index in [0.717, 1.165) is 0 Å². The molecule has 0 aromatic carbocycles. The van der Waals surface area contributed by atoms with Crippen molar-refractivity contribution in [3.63, 3.8) is 0 Å². The smallest absolute Gasteiger partial charge is 0.326 e. The zero-order chi connectivity index (χ0) is 30.6. The van der Waals surface area contributed by atoms with E-state index >= 15 is 0 Å². The lowest BCUT2D eigenvalue weighted by molar-refractivity contribution is -0.143. The van der Waals surface area contributed by atoms with Gasteiger partial charge in [-0.15, -0.1) is 0 Å². The van der Waals surface area contributed by atoms with Gasteiger partial charge in [-0.05, 0) is 42.4 Å². The van der Waals surface area contributed by atoms with Crippen LogP contribution in [-0.4, -0.2) is 64.9 Å². The first kappa shape index (κ1) is 36.3. The molecule has 4 amide bonds. The van der Waals surface area contributed by atoms with Gasteiger partial charge in [-0.1, -0.05) is 75.7 Å². The quantitative estimate of drug-likeness (QED) is 0.158. The number of hydrogen-bond acceptors (Lipinski definition) is 6. The van der Waals surface area contributed by atoms with Crippen LogP contribution in [0.15, 0.2) is 0 Å². The first-order valence-electron chi connectivity index (χ1n) is 14.1. The molecule has 0 aliphatic carbocycles. The number of hydrogen-bond donors (Lipinski definition) is 6. The lowest BCUT2D eigenvalue weighted by Crippen LogP contribution is -2.60. The Morgan fingerprint density at radius 3 is 1.46 bits per heavy atom. The molecule has 0 aliphatic heterocycles. The normalized spacial score (nSPS) is 16.3. The van der Waals surface area contributed by atoms with Gasteiger partial charge in [0.15, 0.2) is 0 Å². The van der Waals surface area contributed by atoms with Gasteiger partial charge in [0, 0.05) is 0 Å². The molecule has 7 N–H and O–H groups in total. The maximum absolute atomic E-state index is 13.4. The predicted molar refractivity (Wildman–Crippen MR) is 151 cm³/mol. The van der Waals surface area contributed by atoms with E-state index in [1.807, 2.05) is 48.5 Å². The molecule has 0 bridgehead atoms. The minimum atomic E-state index is -1.14. The monoisotopic (exact) mass is 555 g/mol. The summed E-state index contributed by atoms with van der Waals surface area (Å²) in [4.78, 5) is 64.1. The van der Waals surface area contributed by atoms with Gasteiger partial charge < -0.3 is 32.1 Å². The van der Waals surface area contributed by atoms with Gasteiger partial charge in [0.1, 0.15) is 24.2 Å². The zero-order valence-corrected chi connectivity index (χ0v) is 25.5. The first-order valence-corrected chi connectivity index (χ1v) is 14.1. The Labute approximate surface area is 234 Å². The van der Waals surface area contributed by atoms with E-state index in [-0.39, 0.29) is 36.0 Å². The van der Waals surface area contributed by atoms with E-state index in [2.05, 4.69) is 21.3 Å². The summed E-state index contributed by atoms with van der Waals surface area (Å²) in [6, 6.07) is -4.74. The summed E-state index contributed by atoms with van der Waals surface area (Å²) in [5.74, 6) is -3.88. The topological polar surface area (TPSA) is 180 Å². The molecule has 0 rings (SSSR count). The molecule has 0 fully saturated rings. The Bertz CT molecular complexity index is 829. The van der Waals surface area contributed by atoms with Crippen LogP contribution in [0.3, 0.4) is 0 Å². The van der Waals surface area contributed by atoms with Crippen LogP contribution >= 0.6 is 0 Å². The van der Waals surface area contributed by atoms with E-state index in [9.17, 15) is 29.1 Å². The summed E-state index contributed by atoms with van der Waals surface area (Å²) >= 11 is 0. The highest BCUT2D eigenvalue weighted by molar-refractivity contribution is 5.95. The fraction of sp³-hybridized carbons (Fsp3) is 0.821. The number of carbonyl (C=O) groups excluding carboxylic acids is 4. The molecular formula is C28H53N5O6. The highest BCUT2D eigenvalue weighted by atomic mass is 16.4. The lowest BCUT2D eigenvalue weighted by Gasteiger charge is -2.30. The average Bonchev–Trinajstić information content (AvgIpc) is 2.82. The molecule has 0 unspecified atom stereocenters. The third-order valence-electron chi connectivity index (χ3n) is 6.72. The van der Waals surface area contributed by atoms with Crippen molar-refractivity contribution < 1.29 is 29.1 Å². The molecule has 11 heteroatoms. The van der Waals surface area contributed by atoms with Crippen LogP contribution < -0.4 is 27.0 Å². The average molecular weight is 556 g/mol. The molecule has 6 atom stereocenters. The number of rotatable bonds is 17. The molecule has 0 saturated heterocycles. The number of nitrogens with one attached hydrogen (secondary N) is 4. The number of amides is 4. The summed E-state index contributed by atoms with van der Waals surface area (Å²) in [6.07, 6.45) is 1.10.